The number of nitrogens with zero attached hydrogens (tertiary/aromatic N) is 3. The molecule has 2 aromatic rings. The van der Waals surface area contributed by atoms with E-state index in [0.717, 1.165) is 18.7 Å². The van der Waals surface area contributed by atoms with E-state index in [4.69, 9.17) is 4.74 Å². The Kier molecular flexibility index (Phi) is 6.14. The number of aliphatic hydroxyl groups is 1. The molecule has 0 saturated carbocycles. The molecule has 7 nitrogen and oxygen atoms in total. The fraction of sp³-hybridized carbons (Fsp3) is 0.421. The van der Waals surface area contributed by atoms with Crippen molar-refractivity contribution in [2.24, 2.45) is 5.92 Å². The van der Waals surface area contributed by atoms with Crippen LogP contribution in [-0.2, 0) is 6.54 Å². The van der Waals surface area contributed by atoms with Crippen molar-refractivity contribution < 1.29 is 14.6 Å². The van der Waals surface area contributed by atoms with Crippen molar-refractivity contribution in [2.45, 2.75) is 19.0 Å². The van der Waals surface area contributed by atoms with E-state index in [9.17, 15) is 9.90 Å². The van der Waals surface area contributed by atoms with Crippen molar-refractivity contribution in [3.8, 4) is 5.88 Å². The van der Waals surface area contributed by atoms with Crippen molar-refractivity contribution >= 4 is 5.91 Å². The van der Waals surface area contributed by atoms with E-state index < -0.39 is 0 Å². The molecule has 138 valence electrons. The molecule has 0 aromatic carbocycles. The number of rotatable bonds is 6. The van der Waals surface area contributed by atoms with Crippen molar-refractivity contribution in [3.63, 3.8) is 0 Å². The Bertz CT molecular complexity index is 726. The molecular formula is C19H24N4O3. The summed E-state index contributed by atoms with van der Waals surface area (Å²) in [5, 5.41) is 12.7. The van der Waals surface area contributed by atoms with Gasteiger partial charge in [-0.05, 0) is 31.2 Å². The molecule has 26 heavy (non-hydrogen) atoms. The Labute approximate surface area is 153 Å². The summed E-state index contributed by atoms with van der Waals surface area (Å²) in [5.74, 6) is 0.474. The van der Waals surface area contributed by atoms with E-state index >= 15 is 0 Å². The number of pyridine rings is 2. The number of nitrogens with one attached hydrogen (secondary N) is 1. The number of piperidine rings is 1. The van der Waals surface area contributed by atoms with Gasteiger partial charge in [-0.2, -0.15) is 0 Å². The maximum atomic E-state index is 12.4. The van der Waals surface area contributed by atoms with Crippen LogP contribution >= 0.6 is 0 Å². The summed E-state index contributed by atoms with van der Waals surface area (Å²) in [5.41, 5.74) is 1.44. The molecule has 2 atom stereocenters. The zero-order valence-electron chi connectivity index (χ0n) is 14.8. The van der Waals surface area contributed by atoms with E-state index in [0.29, 0.717) is 24.5 Å². The number of carbonyl (C=O) groups is 1. The Balaban J connectivity index is 1.65. The van der Waals surface area contributed by atoms with Crippen molar-refractivity contribution in [3.05, 3.63) is 54.0 Å². The summed E-state index contributed by atoms with van der Waals surface area (Å²) in [6.07, 6.45) is 4.00. The number of likely N-dealkylation sites (tertiary alicyclic amines) is 1. The van der Waals surface area contributed by atoms with Gasteiger partial charge in [-0.1, -0.05) is 6.07 Å². The third-order valence-corrected chi connectivity index (χ3v) is 4.69. The first-order chi connectivity index (χ1) is 12.7. The third-order valence-electron chi connectivity index (χ3n) is 4.69. The second-order valence-electron chi connectivity index (χ2n) is 6.46. The highest BCUT2D eigenvalue weighted by molar-refractivity contribution is 5.94. The quantitative estimate of drug-likeness (QED) is 0.806. The molecule has 0 bridgehead atoms. The van der Waals surface area contributed by atoms with Gasteiger partial charge in [0.05, 0.1) is 18.4 Å². The van der Waals surface area contributed by atoms with Gasteiger partial charge in [-0.15, -0.1) is 0 Å². The lowest BCUT2D eigenvalue weighted by Gasteiger charge is -2.38. The van der Waals surface area contributed by atoms with Gasteiger partial charge in [0.2, 0.25) is 5.88 Å². The monoisotopic (exact) mass is 356 g/mol. The van der Waals surface area contributed by atoms with Gasteiger partial charge in [0.25, 0.3) is 5.91 Å². The molecule has 3 heterocycles. The smallest absolute Gasteiger partial charge is 0.253 e. The van der Waals surface area contributed by atoms with Gasteiger partial charge < -0.3 is 15.2 Å². The van der Waals surface area contributed by atoms with E-state index in [1.165, 1.54) is 0 Å². The molecular weight excluding hydrogens is 332 g/mol. The van der Waals surface area contributed by atoms with Crippen LogP contribution in [0.15, 0.2) is 42.7 Å². The largest absolute Gasteiger partial charge is 0.481 e. The first kappa shape index (κ1) is 18.3. The van der Waals surface area contributed by atoms with Gasteiger partial charge in [0, 0.05) is 50.1 Å². The van der Waals surface area contributed by atoms with Crippen LogP contribution in [0.1, 0.15) is 22.5 Å². The minimum atomic E-state index is -0.164. The van der Waals surface area contributed by atoms with Crippen molar-refractivity contribution in [1.82, 2.24) is 20.2 Å². The van der Waals surface area contributed by atoms with E-state index in [1.807, 2.05) is 18.2 Å². The van der Waals surface area contributed by atoms with Crippen LogP contribution in [0.25, 0.3) is 0 Å². The Hall–Kier alpha value is -2.51. The minimum absolute atomic E-state index is 0.0464. The minimum Gasteiger partial charge on any atom is -0.481 e. The first-order valence-corrected chi connectivity index (χ1v) is 8.73. The lowest BCUT2D eigenvalue weighted by molar-refractivity contribution is 0.0727. The second kappa shape index (κ2) is 8.73. The summed E-state index contributed by atoms with van der Waals surface area (Å²) in [6.45, 7) is 2.25. The van der Waals surface area contributed by atoms with E-state index in [1.54, 1.807) is 31.6 Å². The molecule has 0 spiro atoms. The molecule has 2 N–H and O–H groups in total. The van der Waals surface area contributed by atoms with Crippen molar-refractivity contribution in [2.75, 3.05) is 26.8 Å². The van der Waals surface area contributed by atoms with Gasteiger partial charge in [0.15, 0.2) is 0 Å². The average molecular weight is 356 g/mol. The molecule has 2 aromatic heterocycles. The highest BCUT2D eigenvalue weighted by Gasteiger charge is 2.30. The van der Waals surface area contributed by atoms with Gasteiger partial charge in [-0.25, -0.2) is 4.98 Å². The molecule has 3 rings (SSSR count). The van der Waals surface area contributed by atoms with Crippen LogP contribution in [0.2, 0.25) is 0 Å². The van der Waals surface area contributed by atoms with Crippen LogP contribution < -0.4 is 10.1 Å². The number of amides is 1. The number of hydrogen-bond acceptors (Lipinski definition) is 6. The Morgan fingerprint density at radius 3 is 3.00 bits per heavy atom. The number of methoxy groups -OCH3 is 1. The topological polar surface area (TPSA) is 87.6 Å². The number of carbonyl (C=O) groups excluding carboxylic acids is 1. The SMILES string of the molecule is COc1cccc(CN2CC[C@H](CO)[C@H](NC(=O)c3cccnc3)C2)n1. The molecule has 1 aliphatic heterocycles. The Morgan fingerprint density at radius 1 is 1.38 bits per heavy atom. The lowest BCUT2D eigenvalue weighted by atomic mass is 9.92. The van der Waals surface area contributed by atoms with Crippen LogP contribution in [0.5, 0.6) is 5.88 Å². The van der Waals surface area contributed by atoms with E-state index in [-0.39, 0.29) is 24.5 Å². The highest BCUT2D eigenvalue weighted by atomic mass is 16.5. The lowest BCUT2D eigenvalue weighted by Crippen LogP contribution is -2.53. The Morgan fingerprint density at radius 2 is 2.27 bits per heavy atom. The van der Waals surface area contributed by atoms with E-state index in [2.05, 4.69) is 20.2 Å². The van der Waals surface area contributed by atoms with Crippen LogP contribution in [0.4, 0.5) is 0 Å². The van der Waals surface area contributed by atoms with Crippen LogP contribution in [-0.4, -0.2) is 58.7 Å². The number of hydrogen-bond donors (Lipinski definition) is 2. The molecule has 0 radical (unpaired) electrons. The zero-order valence-corrected chi connectivity index (χ0v) is 14.8. The molecule has 1 fully saturated rings. The summed E-state index contributed by atoms with van der Waals surface area (Å²) in [4.78, 5) is 23.1. The summed E-state index contributed by atoms with van der Waals surface area (Å²) in [6, 6.07) is 9.05. The van der Waals surface area contributed by atoms with Crippen LogP contribution in [0.3, 0.4) is 0 Å². The fourth-order valence-electron chi connectivity index (χ4n) is 3.23. The molecule has 1 aliphatic rings. The highest BCUT2D eigenvalue weighted by Crippen LogP contribution is 2.20. The molecule has 0 aliphatic carbocycles. The number of aromatic nitrogens is 2. The third kappa shape index (κ3) is 4.56. The average Bonchev–Trinajstić information content (AvgIpc) is 2.69. The molecule has 1 saturated heterocycles. The summed E-state index contributed by atoms with van der Waals surface area (Å²) in [7, 11) is 1.60. The summed E-state index contributed by atoms with van der Waals surface area (Å²) >= 11 is 0. The first-order valence-electron chi connectivity index (χ1n) is 8.73. The van der Waals surface area contributed by atoms with Crippen LogP contribution in [0, 0.1) is 5.92 Å². The second-order valence-corrected chi connectivity index (χ2v) is 6.46. The number of ether oxygens (including phenoxy) is 1. The van der Waals surface area contributed by atoms with Crippen molar-refractivity contribution in [1.29, 1.82) is 0 Å². The zero-order chi connectivity index (χ0) is 18.4. The molecule has 1 amide bonds. The molecule has 0 unspecified atom stereocenters. The normalized spacial score (nSPS) is 20.5. The maximum Gasteiger partial charge on any atom is 0.253 e. The number of aliphatic hydroxyl groups excluding tert-OH is 1. The maximum absolute atomic E-state index is 12.4. The predicted octanol–water partition coefficient (Wildman–Crippen LogP) is 1.10. The van der Waals surface area contributed by atoms with Gasteiger partial charge >= 0.3 is 0 Å². The molecule has 7 heteroatoms. The van der Waals surface area contributed by atoms with Gasteiger partial charge in [-0.3, -0.25) is 14.7 Å². The standard InChI is InChI=1S/C19H24N4O3/c1-26-18-6-2-5-16(21-18)11-23-9-7-15(13-24)17(12-23)22-19(25)14-4-3-8-20-10-14/h2-6,8,10,15,17,24H,7,9,11-13H2,1H3,(H,22,25)/t15-,17-/m1/s1. The van der Waals surface area contributed by atoms with Gasteiger partial charge in [0.1, 0.15) is 0 Å². The summed E-state index contributed by atoms with van der Waals surface area (Å²) < 4.78 is 5.18. The predicted molar refractivity (Wildman–Crippen MR) is 96.8 cm³/mol. The fourth-order valence-corrected chi connectivity index (χ4v) is 3.23.